The van der Waals surface area contributed by atoms with Crippen molar-refractivity contribution in [3.05, 3.63) is 39.1 Å². The van der Waals surface area contributed by atoms with E-state index in [1.54, 1.807) is 0 Å². The maximum atomic E-state index is 12.2. The molecule has 0 fully saturated rings. The lowest BCUT2D eigenvalue weighted by Gasteiger charge is -2.27. The fourth-order valence-corrected chi connectivity index (χ4v) is 3.38. The molecule has 0 atom stereocenters. The topological polar surface area (TPSA) is 66.8 Å². The maximum absolute atomic E-state index is 12.2. The number of nitrogens with zero attached hydrogens (tertiary/aromatic N) is 4. The molecule has 3 rings (SSSR count). The average Bonchev–Trinajstić information content (AvgIpc) is 2.87. The molecule has 2 aromatic rings. The molecule has 3 heterocycles. The van der Waals surface area contributed by atoms with Crippen LogP contribution in [0, 0.1) is 6.92 Å². The SMILES string of the molecule is CCCn1cc(CN2CCc3nc(SC)[nH]c(=O)c3C2)c(C)n1. The minimum atomic E-state index is 0.00227. The Labute approximate surface area is 140 Å². The zero-order valence-electron chi connectivity index (χ0n) is 13.9. The van der Waals surface area contributed by atoms with Crippen molar-refractivity contribution in [3.8, 4) is 0 Å². The third-order valence-corrected chi connectivity index (χ3v) is 4.79. The molecule has 1 N–H and O–H groups in total. The van der Waals surface area contributed by atoms with Gasteiger partial charge in [0.2, 0.25) is 0 Å². The van der Waals surface area contributed by atoms with Crippen molar-refractivity contribution in [1.82, 2.24) is 24.6 Å². The molecule has 0 unspecified atom stereocenters. The van der Waals surface area contributed by atoms with Gasteiger partial charge in [-0.3, -0.25) is 14.4 Å². The number of nitrogens with one attached hydrogen (secondary N) is 1. The lowest BCUT2D eigenvalue weighted by molar-refractivity contribution is 0.240. The highest BCUT2D eigenvalue weighted by Crippen LogP contribution is 2.19. The third kappa shape index (κ3) is 3.50. The van der Waals surface area contributed by atoms with E-state index >= 15 is 0 Å². The van der Waals surface area contributed by atoms with Crippen molar-refractivity contribution in [2.75, 3.05) is 12.8 Å². The normalized spacial score (nSPS) is 14.9. The Morgan fingerprint density at radius 3 is 3.00 bits per heavy atom. The highest BCUT2D eigenvalue weighted by Gasteiger charge is 2.22. The van der Waals surface area contributed by atoms with Gasteiger partial charge in [0.1, 0.15) is 0 Å². The lowest BCUT2D eigenvalue weighted by Crippen LogP contribution is -2.35. The predicted molar refractivity (Wildman–Crippen MR) is 91.7 cm³/mol. The van der Waals surface area contributed by atoms with Crippen molar-refractivity contribution in [3.63, 3.8) is 0 Å². The van der Waals surface area contributed by atoms with Crippen LogP contribution in [0.4, 0.5) is 0 Å². The van der Waals surface area contributed by atoms with Gasteiger partial charge < -0.3 is 4.98 Å². The van der Waals surface area contributed by atoms with Crippen LogP contribution in [0.3, 0.4) is 0 Å². The first-order valence-corrected chi connectivity index (χ1v) is 9.24. The van der Waals surface area contributed by atoms with Crippen molar-refractivity contribution in [2.24, 2.45) is 0 Å². The predicted octanol–water partition coefficient (Wildman–Crippen LogP) is 1.97. The third-order valence-electron chi connectivity index (χ3n) is 4.21. The molecule has 0 radical (unpaired) electrons. The molecule has 0 spiro atoms. The summed E-state index contributed by atoms with van der Waals surface area (Å²) in [6.45, 7) is 7.57. The van der Waals surface area contributed by atoms with E-state index in [-0.39, 0.29) is 5.56 Å². The minimum absolute atomic E-state index is 0.00227. The first kappa shape index (κ1) is 16.3. The van der Waals surface area contributed by atoms with E-state index in [9.17, 15) is 4.79 Å². The van der Waals surface area contributed by atoms with E-state index in [0.717, 1.165) is 49.4 Å². The fourth-order valence-electron chi connectivity index (χ4n) is 2.99. The van der Waals surface area contributed by atoms with Crippen LogP contribution in [0.15, 0.2) is 16.1 Å². The van der Waals surface area contributed by atoms with Gasteiger partial charge in [-0.2, -0.15) is 5.10 Å². The fraction of sp³-hybridized carbons (Fsp3) is 0.562. The highest BCUT2D eigenvalue weighted by atomic mass is 32.2. The number of aromatic nitrogens is 4. The standard InChI is InChI=1S/C16H23N5OS/c1-4-6-21-9-12(11(2)19-21)8-20-7-5-14-13(10-20)15(22)18-16(17-14)23-3/h9H,4-8,10H2,1-3H3,(H,17,18,22). The van der Waals surface area contributed by atoms with E-state index in [4.69, 9.17) is 0 Å². The molecule has 0 saturated carbocycles. The molecule has 23 heavy (non-hydrogen) atoms. The summed E-state index contributed by atoms with van der Waals surface area (Å²) >= 11 is 1.48. The van der Waals surface area contributed by atoms with Gasteiger partial charge in [0, 0.05) is 44.4 Å². The van der Waals surface area contributed by atoms with Crippen molar-refractivity contribution >= 4 is 11.8 Å². The van der Waals surface area contributed by atoms with Crippen LogP contribution < -0.4 is 5.56 Å². The van der Waals surface area contributed by atoms with Gasteiger partial charge in [-0.25, -0.2) is 4.98 Å². The summed E-state index contributed by atoms with van der Waals surface area (Å²) in [5.74, 6) is 0. The van der Waals surface area contributed by atoms with E-state index in [1.165, 1.54) is 17.3 Å². The number of aromatic amines is 1. The van der Waals surface area contributed by atoms with Crippen molar-refractivity contribution in [1.29, 1.82) is 0 Å². The smallest absolute Gasteiger partial charge is 0.256 e. The van der Waals surface area contributed by atoms with E-state index in [2.05, 4.69) is 40.0 Å². The van der Waals surface area contributed by atoms with Crippen LogP contribution in [0.25, 0.3) is 0 Å². The molecule has 124 valence electrons. The molecule has 0 aromatic carbocycles. The number of hydrogen-bond acceptors (Lipinski definition) is 5. The van der Waals surface area contributed by atoms with Gasteiger partial charge >= 0.3 is 0 Å². The Kier molecular flexibility index (Phi) is 4.87. The molecule has 0 amide bonds. The first-order chi connectivity index (χ1) is 11.1. The Hall–Kier alpha value is -1.60. The monoisotopic (exact) mass is 333 g/mol. The summed E-state index contributed by atoms with van der Waals surface area (Å²) in [5.41, 5.74) is 4.09. The second-order valence-corrected chi connectivity index (χ2v) is 6.76. The molecule has 0 bridgehead atoms. The summed E-state index contributed by atoms with van der Waals surface area (Å²) in [5, 5.41) is 5.26. The van der Waals surface area contributed by atoms with Gasteiger partial charge in [0.15, 0.2) is 5.16 Å². The Balaban J connectivity index is 1.76. The summed E-state index contributed by atoms with van der Waals surface area (Å²) in [6, 6.07) is 0. The molecule has 1 aliphatic rings. The Morgan fingerprint density at radius 2 is 2.26 bits per heavy atom. The Morgan fingerprint density at radius 1 is 1.43 bits per heavy atom. The van der Waals surface area contributed by atoms with Gasteiger partial charge in [-0.15, -0.1) is 0 Å². The van der Waals surface area contributed by atoms with Gasteiger partial charge in [-0.05, 0) is 19.6 Å². The zero-order valence-corrected chi connectivity index (χ0v) is 14.7. The van der Waals surface area contributed by atoms with Crippen LogP contribution in [0.1, 0.15) is 35.9 Å². The number of hydrogen-bond donors (Lipinski definition) is 1. The van der Waals surface area contributed by atoms with Crippen molar-refractivity contribution < 1.29 is 0 Å². The molecule has 2 aromatic heterocycles. The molecule has 6 nitrogen and oxygen atoms in total. The molecular weight excluding hydrogens is 310 g/mol. The maximum Gasteiger partial charge on any atom is 0.256 e. The molecule has 0 aliphatic carbocycles. The van der Waals surface area contributed by atoms with Crippen LogP contribution in [0.5, 0.6) is 0 Å². The van der Waals surface area contributed by atoms with Gasteiger partial charge in [0.05, 0.1) is 17.0 Å². The number of thioether (sulfide) groups is 1. The van der Waals surface area contributed by atoms with E-state index in [0.29, 0.717) is 11.7 Å². The lowest BCUT2D eigenvalue weighted by atomic mass is 10.1. The number of H-pyrrole nitrogens is 1. The molecule has 7 heteroatoms. The van der Waals surface area contributed by atoms with Crippen molar-refractivity contribution in [2.45, 2.75) is 51.5 Å². The average molecular weight is 333 g/mol. The summed E-state index contributed by atoms with van der Waals surface area (Å²) in [6.07, 6.45) is 5.97. The summed E-state index contributed by atoms with van der Waals surface area (Å²) < 4.78 is 2.02. The molecule has 1 aliphatic heterocycles. The highest BCUT2D eigenvalue weighted by molar-refractivity contribution is 7.98. The largest absolute Gasteiger partial charge is 0.301 e. The second-order valence-electron chi connectivity index (χ2n) is 5.96. The summed E-state index contributed by atoms with van der Waals surface area (Å²) in [4.78, 5) is 21.9. The van der Waals surface area contributed by atoms with Gasteiger partial charge in [0.25, 0.3) is 5.56 Å². The quantitative estimate of drug-likeness (QED) is 0.669. The first-order valence-electron chi connectivity index (χ1n) is 8.02. The number of fused-ring (bicyclic) bond motifs is 1. The van der Waals surface area contributed by atoms with Crippen LogP contribution in [-0.4, -0.2) is 37.4 Å². The molecular formula is C16H23N5OS. The summed E-state index contributed by atoms with van der Waals surface area (Å²) in [7, 11) is 0. The minimum Gasteiger partial charge on any atom is -0.301 e. The second kappa shape index (κ2) is 6.88. The van der Waals surface area contributed by atoms with Crippen LogP contribution >= 0.6 is 11.8 Å². The molecule has 0 saturated heterocycles. The number of rotatable bonds is 5. The van der Waals surface area contributed by atoms with Crippen LogP contribution in [-0.2, 0) is 26.1 Å². The Bertz CT molecular complexity index is 751. The van der Waals surface area contributed by atoms with E-state index < -0.39 is 0 Å². The van der Waals surface area contributed by atoms with Crippen LogP contribution in [0.2, 0.25) is 0 Å². The van der Waals surface area contributed by atoms with E-state index in [1.807, 2.05) is 10.9 Å². The number of aryl methyl sites for hydroxylation is 2. The van der Waals surface area contributed by atoms with Gasteiger partial charge in [-0.1, -0.05) is 18.7 Å². The zero-order chi connectivity index (χ0) is 16.4.